The highest BCUT2D eigenvalue weighted by molar-refractivity contribution is 5.79. The lowest BCUT2D eigenvalue weighted by Gasteiger charge is -2.25. The smallest absolute Gasteiger partial charge is 0.0281 e. The number of fused-ring (bicyclic) bond motifs is 2. The molecule has 0 heteroatoms. The Labute approximate surface area is 212 Å². The average Bonchev–Trinajstić information content (AvgIpc) is 3.66. The first-order valence-corrected chi connectivity index (χ1v) is 14.3. The molecule has 35 heavy (non-hydrogen) atoms. The van der Waals surface area contributed by atoms with Gasteiger partial charge in [-0.3, -0.25) is 0 Å². The number of aryl methyl sites for hydroxylation is 3. The molecule has 0 saturated heterocycles. The van der Waals surface area contributed by atoms with Crippen LogP contribution in [0.5, 0.6) is 0 Å². The molecule has 6 rings (SSSR count). The van der Waals surface area contributed by atoms with E-state index in [1.807, 2.05) is 0 Å². The minimum Gasteiger partial charge on any atom is -0.0726 e. The highest BCUT2D eigenvalue weighted by Gasteiger charge is 2.26. The zero-order valence-electron chi connectivity index (χ0n) is 21.3. The molecule has 0 aliphatic heterocycles. The molecule has 0 aromatic heterocycles. The molecule has 0 spiro atoms. The summed E-state index contributed by atoms with van der Waals surface area (Å²) in [5.41, 5.74) is 11.9. The fourth-order valence-corrected chi connectivity index (χ4v) is 6.92. The van der Waals surface area contributed by atoms with Crippen LogP contribution in [-0.2, 0) is 25.7 Å². The molecule has 0 radical (unpaired) electrons. The van der Waals surface area contributed by atoms with Crippen molar-refractivity contribution in [1.82, 2.24) is 0 Å². The van der Waals surface area contributed by atoms with Gasteiger partial charge in [0, 0.05) is 5.92 Å². The molecule has 4 aliphatic rings. The standard InChI is InChI=1S/C35H40/c1(2-8-26-10-4-5-11-26)3-9-27-16-18-28(19-17-27)24-31-22-23-34(35-15-7-14-33(31)35)32-21-20-29-12-6-13-30(29)25-32/h7,14-23,25-26,35H,1-6,8-13,24H2. The third-order valence-electron chi connectivity index (χ3n) is 8.99. The summed E-state index contributed by atoms with van der Waals surface area (Å²) < 4.78 is 0. The topological polar surface area (TPSA) is 0 Å². The van der Waals surface area contributed by atoms with Gasteiger partial charge >= 0.3 is 0 Å². The normalized spacial score (nSPS) is 21.0. The Kier molecular flexibility index (Phi) is 6.90. The molecule has 0 N–H and O–H groups in total. The van der Waals surface area contributed by atoms with Crippen molar-refractivity contribution < 1.29 is 0 Å². The molecule has 1 unspecified atom stereocenters. The molecular formula is C35H40. The van der Waals surface area contributed by atoms with E-state index in [2.05, 4.69) is 72.8 Å². The van der Waals surface area contributed by atoms with Crippen molar-refractivity contribution in [3.05, 3.63) is 112 Å². The first-order valence-electron chi connectivity index (χ1n) is 14.3. The highest BCUT2D eigenvalue weighted by Crippen LogP contribution is 2.42. The van der Waals surface area contributed by atoms with Gasteiger partial charge in [-0.25, -0.2) is 0 Å². The van der Waals surface area contributed by atoms with E-state index in [1.54, 1.807) is 11.1 Å². The molecule has 0 nitrogen and oxygen atoms in total. The fraction of sp³-hybridized carbons (Fsp3) is 0.429. The summed E-state index contributed by atoms with van der Waals surface area (Å²) in [5, 5.41) is 0. The fourth-order valence-electron chi connectivity index (χ4n) is 6.92. The van der Waals surface area contributed by atoms with E-state index < -0.39 is 0 Å². The number of hydrogen-bond donors (Lipinski definition) is 0. The van der Waals surface area contributed by atoms with E-state index in [1.165, 1.54) is 110 Å². The van der Waals surface area contributed by atoms with Gasteiger partial charge in [0.1, 0.15) is 0 Å². The van der Waals surface area contributed by atoms with Crippen molar-refractivity contribution in [3.8, 4) is 0 Å². The van der Waals surface area contributed by atoms with Crippen molar-refractivity contribution in [2.24, 2.45) is 11.8 Å². The van der Waals surface area contributed by atoms with Crippen molar-refractivity contribution in [2.45, 2.75) is 83.5 Å². The molecule has 1 fully saturated rings. The Balaban J connectivity index is 1.07. The largest absolute Gasteiger partial charge is 0.0726 e. The molecule has 1 saturated carbocycles. The van der Waals surface area contributed by atoms with Crippen LogP contribution in [0.3, 0.4) is 0 Å². The van der Waals surface area contributed by atoms with Gasteiger partial charge in [0.2, 0.25) is 0 Å². The van der Waals surface area contributed by atoms with Crippen LogP contribution in [-0.4, -0.2) is 0 Å². The van der Waals surface area contributed by atoms with Gasteiger partial charge in [-0.2, -0.15) is 0 Å². The number of benzene rings is 2. The molecule has 2 aromatic carbocycles. The van der Waals surface area contributed by atoms with E-state index in [4.69, 9.17) is 0 Å². The Morgan fingerprint density at radius 2 is 1.51 bits per heavy atom. The van der Waals surface area contributed by atoms with Crippen LogP contribution in [0.1, 0.15) is 85.6 Å². The minimum atomic E-state index is 0.415. The van der Waals surface area contributed by atoms with Crippen molar-refractivity contribution in [1.29, 1.82) is 0 Å². The van der Waals surface area contributed by atoms with Crippen LogP contribution >= 0.6 is 0 Å². The molecule has 2 aromatic rings. The number of hydrogen-bond acceptors (Lipinski definition) is 0. The predicted octanol–water partition coefficient (Wildman–Crippen LogP) is 9.15. The zero-order chi connectivity index (χ0) is 23.5. The van der Waals surface area contributed by atoms with Gasteiger partial charge < -0.3 is 0 Å². The quantitative estimate of drug-likeness (QED) is 0.327. The predicted molar refractivity (Wildman–Crippen MR) is 150 cm³/mol. The molecule has 180 valence electrons. The number of allylic oxidation sites excluding steroid dienone is 8. The summed E-state index contributed by atoms with van der Waals surface area (Å²) in [5.74, 6) is 1.46. The van der Waals surface area contributed by atoms with Crippen molar-refractivity contribution >= 4 is 5.57 Å². The summed E-state index contributed by atoms with van der Waals surface area (Å²) in [6.45, 7) is 0. The summed E-state index contributed by atoms with van der Waals surface area (Å²) in [4.78, 5) is 0. The van der Waals surface area contributed by atoms with Crippen LogP contribution in [0.25, 0.3) is 5.57 Å². The second-order valence-corrected chi connectivity index (χ2v) is 11.4. The van der Waals surface area contributed by atoms with E-state index in [0.29, 0.717) is 5.92 Å². The lowest BCUT2D eigenvalue weighted by molar-refractivity contribution is 0.468. The van der Waals surface area contributed by atoms with E-state index in [9.17, 15) is 0 Å². The van der Waals surface area contributed by atoms with Crippen LogP contribution in [0, 0.1) is 11.8 Å². The van der Waals surface area contributed by atoms with E-state index >= 15 is 0 Å². The summed E-state index contributed by atoms with van der Waals surface area (Å²) in [6, 6.07) is 16.7. The van der Waals surface area contributed by atoms with Crippen LogP contribution in [0.15, 0.2) is 84.0 Å². The van der Waals surface area contributed by atoms with Gasteiger partial charge in [-0.1, -0.05) is 118 Å². The molecule has 4 aliphatic carbocycles. The van der Waals surface area contributed by atoms with E-state index in [0.717, 1.165) is 12.3 Å². The maximum atomic E-state index is 2.46. The molecule has 1 atom stereocenters. The molecular weight excluding hydrogens is 420 g/mol. The second-order valence-electron chi connectivity index (χ2n) is 11.4. The zero-order valence-corrected chi connectivity index (χ0v) is 21.3. The maximum absolute atomic E-state index is 2.46. The Hall–Kier alpha value is -2.60. The number of unbranched alkanes of at least 4 members (excludes halogenated alkanes) is 2. The first-order chi connectivity index (χ1) is 17.3. The Morgan fingerprint density at radius 3 is 2.40 bits per heavy atom. The first kappa shape index (κ1) is 22.8. The van der Waals surface area contributed by atoms with Gasteiger partial charge in [0.25, 0.3) is 0 Å². The monoisotopic (exact) mass is 460 g/mol. The highest BCUT2D eigenvalue weighted by atomic mass is 14.3. The van der Waals surface area contributed by atoms with Gasteiger partial charge in [0.15, 0.2) is 0 Å². The lowest BCUT2D eigenvalue weighted by Crippen LogP contribution is -2.10. The summed E-state index contributed by atoms with van der Waals surface area (Å²) in [6.07, 6.45) is 29.4. The Bertz CT molecular complexity index is 1160. The molecule has 0 amide bonds. The van der Waals surface area contributed by atoms with Crippen molar-refractivity contribution in [3.63, 3.8) is 0 Å². The van der Waals surface area contributed by atoms with E-state index in [-0.39, 0.29) is 0 Å². The second kappa shape index (κ2) is 10.6. The maximum Gasteiger partial charge on any atom is 0.0281 e. The summed E-state index contributed by atoms with van der Waals surface area (Å²) >= 11 is 0. The third kappa shape index (κ3) is 5.18. The van der Waals surface area contributed by atoms with Crippen LogP contribution in [0.4, 0.5) is 0 Å². The summed E-state index contributed by atoms with van der Waals surface area (Å²) in [7, 11) is 0. The SMILES string of the molecule is C1=CC2C(=C1)C(Cc1ccc(CCCCCC3CCCC3)cc1)=CC=C2c1ccc2c(c1)CCC2. The minimum absolute atomic E-state index is 0.415. The lowest BCUT2D eigenvalue weighted by atomic mass is 9.79. The average molecular weight is 461 g/mol. The molecule has 0 bridgehead atoms. The molecule has 0 heterocycles. The third-order valence-corrected chi connectivity index (χ3v) is 8.99. The van der Waals surface area contributed by atoms with Gasteiger partial charge in [-0.15, -0.1) is 0 Å². The van der Waals surface area contributed by atoms with Crippen LogP contribution < -0.4 is 0 Å². The van der Waals surface area contributed by atoms with Crippen LogP contribution in [0.2, 0.25) is 0 Å². The van der Waals surface area contributed by atoms with Crippen molar-refractivity contribution in [2.75, 3.05) is 0 Å². The van der Waals surface area contributed by atoms with Gasteiger partial charge in [0.05, 0.1) is 0 Å². The van der Waals surface area contributed by atoms with Gasteiger partial charge in [-0.05, 0) is 89.0 Å². The Morgan fingerprint density at radius 1 is 0.686 bits per heavy atom. The number of rotatable bonds is 9.